The van der Waals surface area contributed by atoms with E-state index in [0.29, 0.717) is 0 Å². The number of nitrogens with zero attached hydrogens (tertiary/aromatic N) is 2. The summed E-state index contributed by atoms with van der Waals surface area (Å²) < 4.78 is 2.36. The summed E-state index contributed by atoms with van der Waals surface area (Å²) in [6, 6.07) is 62.7. The molecule has 1 atom stereocenters. The van der Waals surface area contributed by atoms with E-state index in [0.717, 1.165) is 29.7 Å². The first-order valence-corrected chi connectivity index (χ1v) is 19.4. The summed E-state index contributed by atoms with van der Waals surface area (Å²) in [4.78, 5) is 4.70. The van der Waals surface area contributed by atoms with E-state index in [-0.39, 0.29) is 11.5 Å². The number of hydrogen-bond acceptors (Lipinski definition) is 1. The third-order valence-electron chi connectivity index (χ3n) is 12.9. The van der Waals surface area contributed by atoms with Crippen LogP contribution < -0.4 is 0 Å². The Morgan fingerprint density at radius 3 is 1.96 bits per heavy atom. The summed E-state index contributed by atoms with van der Waals surface area (Å²) in [6.07, 6.45) is 4.53. The summed E-state index contributed by atoms with van der Waals surface area (Å²) in [5, 5.41) is 7.99. The molecule has 0 fully saturated rings. The molecule has 3 aliphatic rings. The van der Waals surface area contributed by atoms with Crippen LogP contribution in [0, 0.1) is 0 Å². The molecule has 1 aromatic heterocycles. The van der Waals surface area contributed by atoms with E-state index < -0.39 is 0 Å². The van der Waals surface area contributed by atoms with Gasteiger partial charge in [-0.15, -0.1) is 0 Å². The molecule has 0 aliphatic heterocycles. The van der Waals surface area contributed by atoms with Crippen LogP contribution in [0.3, 0.4) is 0 Å². The molecule has 8 aromatic carbocycles. The molecule has 0 amide bonds. The Kier molecular flexibility index (Phi) is 6.34. The number of aliphatic imine (C=N–C) groups is 1. The lowest BCUT2D eigenvalue weighted by atomic mass is 9.67. The molecule has 2 heteroatoms. The highest BCUT2D eigenvalue weighted by molar-refractivity contribution is 6.18. The van der Waals surface area contributed by atoms with Gasteiger partial charge in [0.05, 0.1) is 22.5 Å². The molecule has 9 aromatic rings. The zero-order valence-electron chi connectivity index (χ0n) is 30.3. The lowest BCUT2D eigenvalue weighted by Crippen LogP contribution is -2.28. The Morgan fingerprint density at radius 1 is 0.545 bits per heavy atom. The van der Waals surface area contributed by atoms with Gasteiger partial charge in [-0.1, -0.05) is 146 Å². The number of fused-ring (bicyclic) bond motifs is 9. The van der Waals surface area contributed by atoms with Gasteiger partial charge in [-0.2, -0.15) is 0 Å². The van der Waals surface area contributed by atoms with E-state index in [1.54, 1.807) is 5.57 Å². The van der Waals surface area contributed by atoms with Crippen molar-refractivity contribution in [1.82, 2.24) is 4.57 Å². The molecule has 1 unspecified atom stereocenters. The van der Waals surface area contributed by atoms with Crippen LogP contribution in [0.2, 0.25) is 0 Å². The lowest BCUT2D eigenvalue weighted by molar-refractivity contribution is 0.719. The third-order valence-corrected chi connectivity index (χ3v) is 12.9. The highest BCUT2D eigenvalue weighted by Crippen LogP contribution is 2.63. The normalized spacial score (nSPS) is 15.7. The van der Waals surface area contributed by atoms with E-state index in [9.17, 15) is 0 Å². The minimum Gasteiger partial charge on any atom is -0.309 e. The summed E-state index contributed by atoms with van der Waals surface area (Å²) in [7, 11) is 0. The second-order valence-electron chi connectivity index (χ2n) is 15.4. The first-order chi connectivity index (χ1) is 27.2. The SMILES string of the molecule is C=NC(c1ccc(C2=CC3=C(CC2)C2(c4ccccc43)c3cccc4ccc5cccc2c5c34)cc1)c1ccc2c(c1)c1ccccc1n2-c1ccccc1. The van der Waals surface area contributed by atoms with E-state index in [2.05, 4.69) is 187 Å². The molecule has 0 radical (unpaired) electrons. The number of aromatic nitrogens is 1. The molecule has 0 N–H and O–H groups in total. The van der Waals surface area contributed by atoms with Crippen molar-refractivity contribution in [2.75, 3.05) is 0 Å². The maximum atomic E-state index is 4.70. The fourth-order valence-corrected chi connectivity index (χ4v) is 10.6. The fraction of sp³-hybridized carbons (Fsp3) is 0.0755. The van der Waals surface area contributed by atoms with E-state index in [1.165, 1.54) is 82.3 Å². The van der Waals surface area contributed by atoms with Crippen molar-refractivity contribution in [1.29, 1.82) is 0 Å². The van der Waals surface area contributed by atoms with Gasteiger partial charge in [-0.25, -0.2) is 0 Å². The smallest absolute Gasteiger partial charge is 0.0992 e. The van der Waals surface area contributed by atoms with Crippen LogP contribution >= 0.6 is 0 Å². The van der Waals surface area contributed by atoms with Gasteiger partial charge < -0.3 is 4.57 Å². The van der Waals surface area contributed by atoms with Gasteiger partial charge in [0.1, 0.15) is 0 Å². The Balaban J connectivity index is 0.941. The van der Waals surface area contributed by atoms with Gasteiger partial charge in [0, 0.05) is 16.5 Å². The van der Waals surface area contributed by atoms with Crippen molar-refractivity contribution < 1.29 is 0 Å². The summed E-state index contributed by atoms with van der Waals surface area (Å²) in [6.45, 7) is 4.08. The Morgan fingerprint density at radius 2 is 1.20 bits per heavy atom. The number of allylic oxidation sites excluding steroid dienone is 4. The van der Waals surface area contributed by atoms with Gasteiger partial charge in [-0.05, 0) is 127 Å². The first kappa shape index (κ1) is 30.7. The minimum atomic E-state index is -0.252. The van der Waals surface area contributed by atoms with Gasteiger partial charge in [0.2, 0.25) is 0 Å². The van der Waals surface area contributed by atoms with Crippen molar-refractivity contribution in [2.45, 2.75) is 24.3 Å². The van der Waals surface area contributed by atoms with Crippen LogP contribution in [-0.2, 0) is 5.41 Å². The molecule has 1 spiro atoms. The number of benzene rings is 8. The average Bonchev–Trinajstić information content (AvgIpc) is 3.86. The first-order valence-electron chi connectivity index (χ1n) is 19.4. The maximum Gasteiger partial charge on any atom is 0.0992 e. The number of para-hydroxylation sites is 2. The molecule has 0 saturated carbocycles. The van der Waals surface area contributed by atoms with Crippen LogP contribution in [-0.4, -0.2) is 11.3 Å². The predicted molar refractivity (Wildman–Crippen MR) is 231 cm³/mol. The van der Waals surface area contributed by atoms with Crippen molar-refractivity contribution in [3.8, 4) is 5.69 Å². The molecule has 258 valence electrons. The van der Waals surface area contributed by atoms with Gasteiger partial charge in [-0.3, -0.25) is 4.99 Å². The van der Waals surface area contributed by atoms with Crippen molar-refractivity contribution in [3.05, 3.63) is 220 Å². The zero-order valence-corrected chi connectivity index (χ0v) is 30.3. The molecular formula is C53H36N2. The van der Waals surface area contributed by atoms with Crippen LogP contribution in [0.1, 0.15) is 57.8 Å². The van der Waals surface area contributed by atoms with E-state index >= 15 is 0 Å². The predicted octanol–water partition coefficient (Wildman–Crippen LogP) is 13.2. The minimum absolute atomic E-state index is 0.164. The molecule has 12 rings (SSSR count). The molecule has 0 bridgehead atoms. The molecule has 0 saturated heterocycles. The zero-order chi connectivity index (χ0) is 36.3. The van der Waals surface area contributed by atoms with Crippen LogP contribution in [0.4, 0.5) is 0 Å². The maximum absolute atomic E-state index is 4.70. The highest BCUT2D eigenvalue weighted by atomic mass is 15.0. The molecule has 1 heterocycles. The topological polar surface area (TPSA) is 17.3 Å². The van der Waals surface area contributed by atoms with Crippen molar-refractivity contribution in [2.24, 2.45) is 4.99 Å². The van der Waals surface area contributed by atoms with Gasteiger partial charge >= 0.3 is 0 Å². The third kappa shape index (κ3) is 4.06. The standard InChI is InChI=1S/C53H36N2/c1-54-52(38-28-30-49-43(32-38)41-16-6-8-20-48(41)55(49)39-13-3-2-4-14-39)36-25-21-33(22-26-36)37-27-29-45-42(31-37)40-15-5-7-17-44(40)53(45)46-18-9-11-34-23-24-35-12-10-19-47(53)51(35)50(34)46/h2-26,28,30-32,52H,1,27,29H2. The second kappa shape index (κ2) is 11.4. The largest absolute Gasteiger partial charge is 0.309 e. The van der Waals surface area contributed by atoms with Crippen LogP contribution in [0.5, 0.6) is 0 Å². The molecular weight excluding hydrogens is 665 g/mol. The summed E-state index contributed by atoms with van der Waals surface area (Å²) >= 11 is 0. The van der Waals surface area contributed by atoms with Crippen LogP contribution in [0.15, 0.2) is 186 Å². The molecule has 55 heavy (non-hydrogen) atoms. The Bertz CT molecular complexity index is 3090. The molecule has 2 nitrogen and oxygen atoms in total. The van der Waals surface area contributed by atoms with Gasteiger partial charge in [0.15, 0.2) is 0 Å². The van der Waals surface area contributed by atoms with E-state index in [4.69, 9.17) is 4.99 Å². The number of rotatable bonds is 5. The number of hydrogen-bond donors (Lipinski definition) is 0. The van der Waals surface area contributed by atoms with Gasteiger partial charge in [0.25, 0.3) is 0 Å². The second-order valence-corrected chi connectivity index (χ2v) is 15.4. The average molecular weight is 701 g/mol. The van der Waals surface area contributed by atoms with Crippen molar-refractivity contribution in [3.63, 3.8) is 0 Å². The fourth-order valence-electron chi connectivity index (χ4n) is 10.6. The lowest BCUT2D eigenvalue weighted by Gasteiger charge is -2.34. The molecule has 3 aliphatic carbocycles. The summed E-state index contributed by atoms with van der Waals surface area (Å²) in [5.74, 6) is 0. The van der Waals surface area contributed by atoms with E-state index in [1.807, 2.05) is 0 Å². The monoisotopic (exact) mass is 700 g/mol. The Labute approximate surface area is 320 Å². The highest BCUT2D eigenvalue weighted by Gasteiger charge is 2.51. The van der Waals surface area contributed by atoms with Crippen LogP contribution in [0.25, 0.3) is 60.2 Å². The Hall–Kier alpha value is -6.77. The quantitative estimate of drug-likeness (QED) is 0.126. The van der Waals surface area contributed by atoms with Crippen molar-refractivity contribution >= 4 is 61.2 Å². The summed E-state index contributed by atoms with van der Waals surface area (Å²) in [5.41, 5.74) is 16.9.